The van der Waals surface area contributed by atoms with Gasteiger partial charge < -0.3 is 10.1 Å². The van der Waals surface area contributed by atoms with Gasteiger partial charge in [0.05, 0.1) is 7.11 Å². The molecule has 0 radical (unpaired) electrons. The lowest BCUT2D eigenvalue weighted by molar-refractivity contribution is -0.105. The summed E-state index contributed by atoms with van der Waals surface area (Å²) in [6, 6.07) is 5.46. The minimum absolute atomic E-state index is 0.493. The van der Waals surface area contributed by atoms with E-state index in [-0.39, 0.29) is 0 Å². The minimum Gasteiger partial charge on any atom is -0.496 e. The molecule has 0 bridgehead atoms. The zero-order valence-electron chi connectivity index (χ0n) is 12.3. The second-order valence-corrected chi connectivity index (χ2v) is 4.53. The van der Waals surface area contributed by atoms with Crippen molar-refractivity contribution in [2.24, 2.45) is 0 Å². The SMILES string of the molecule is CCc1ccc(Cl)nc1.COc1cc(NC=O)ncc1C. The van der Waals surface area contributed by atoms with E-state index in [1.54, 1.807) is 31.6 Å². The van der Waals surface area contributed by atoms with Gasteiger partial charge in [0.1, 0.15) is 16.7 Å². The molecule has 0 saturated heterocycles. The third-order valence-electron chi connectivity index (χ3n) is 2.68. The molecule has 21 heavy (non-hydrogen) atoms. The largest absolute Gasteiger partial charge is 0.496 e. The molecule has 0 spiro atoms. The van der Waals surface area contributed by atoms with Crippen LogP contribution in [0.15, 0.2) is 30.6 Å². The van der Waals surface area contributed by atoms with Gasteiger partial charge in [0.15, 0.2) is 0 Å². The molecule has 0 unspecified atom stereocenters. The van der Waals surface area contributed by atoms with Crippen molar-refractivity contribution in [3.8, 4) is 5.75 Å². The summed E-state index contributed by atoms with van der Waals surface area (Å²) in [5.74, 6) is 1.21. The van der Waals surface area contributed by atoms with Gasteiger partial charge in [-0.1, -0.05) is 24.6 Å². The number of rotatable bonds is 4. The summed E-state index contributed by atoms with van der Waals surface area (Å²) in [5.41, 5.74) is 2.16. The number of methoxy groups -OCH3 is 1. The highest BCUT2D eigenvalue weighted by Gasteiger charge is 1.99. The molecule has 0 atom stereocenters. The normalized spacial score (nSPS) is 9.33. The van der Waals surface area contributed by atoms with Crippen molar-refractivity contribution in [3.63, 3.8) is 0 Å². The fraction of sp³-hybridized carbons (Fsp3) is 0.267. The summed E-state index contributed by atoms with van der Waals surface area (Å²) in [6.07, 6.45) is 5.04. The molecular weight excluding hydrogens is 290 g/mol. The maximum Gasteiger partial charge on any atom is 0.212 e. The summed E-state index contributed by atoms with van der Waals surface area (Å²) in [5, 5.41) is 3.00. The number of anilines is 1. The van der Waals surface area contributed by atoms with Crippen LogP contribution >= 0.6 is 11.6 Å². The van der Waals surface area contributed by atoms with Crippen LogP contribution in [0.3, 0.4) is 0 Å². The first kappa shape index (κ1) is 16.9. The number of halogens is 1. The number of hydrogen-bond donors (Lipinski definition) is 1. The molecule has 2 aromatic rings. The summed E-state index contributed by atoms with van der Waals surface area (Å²) in [6.45, 7) is 3.97. The Kier molecular flexibility index (Phi) is 7.18. The van der Waals surface area contributed by atoms with E-state index >= 15 is 0 Å². The molecule has 0 aliphatic rings. The number of amides is 1. The van der Waals surface area contributed by atoms with Crippen LogP contribution in [-0.2, 0) is 11.2 Å². The smallest absolute Gasteiger partial charge is 0.212 e. The average molecular weight is 308 g/mol. The summed E-state index contributed by atoms with van der Waals surface area (Å²) in [4.78, 5) is 17.9. The molecule has 0 saturated carbocycles. The molecule has 0 fully saturated rings. The molecule has 2 heterocycles. The van der Waals surface area contributed by atoms with E-state index in [2.05, 4.69) is 22.2 Å². The Morgan fingerprint density at radius 2 is 2.10 bits per heavy atom. The summed E-state index contributed by atoms with van der Waals surface area (Å²) >= 11 is 5.56. The van der Waals surface area contributed by atoms with Crippen molar-refractivity contribution in [2.45, 2.75) is 20.3 Å². The number of carbonyl (C=O) groups is 1. The first-order chi connectivity index (χ1) is 10.1. The fourth-order valence-corrected chi connectivity index (χ4v) is 1.59. The van der Waals surface area contributed by atoms with Crippen LogP contribution in [0.25, 0.3) is 0 Å². The predicted molar refractivity (Wildman–Crippen MR) is 83.8 cm³/mol. The van der Waals surface area contributed by atoms with Crippen molar-refractivity contribution < 1.29 is 9.53 Å². The molecule has 5 nitrogen and oxygen atoms in total. The standard InChI is InChI=1S/C8H10N2O2.C7H8ClN/c1-6-4-9-8(10-5-11)3-7(6)12-2;1-2-6-3-4-7(8)9-5-6/h3-5H,1-2H3,(H,9,10,11);3-5H,2H2,1H3. The van der Waals surface area contributed by atoms with Crippen molar-refractivity contribution in [3.05, 3.63) is 46.9 Å². The molecule has 6 heteroatoms. The van der Waals surface area contributed by atoms with Crippen LogP contribution in [0.2, 0.25) is 5.15 Å². The maximum atomic E-state index is 10.1. The fourth-order valence-electron chi connectivity index (χ4n) is 1.48. The van der Waals surface area contributed by atoms with E-state index in [4.69, 9.17) is 16.3 Å². The first-order valence-corrected chi connectivity index (χ1v) is 6.79. The van der Waals surface area contributed by atoms with E-state index in [0.29, 0.717) is 23.1 Å². The van der Waals surface area contributed by atoms with Gasteiger partial charge in [-0.2, -0.15) is 0 Å². The molecule has 0 aromatic carbocycles. The summed E-state index contributed by atoms with van der Waals surface area (Å²) in [7, 11) is 1.58. The quantitative estimate of drug-likeness (QED) is 0.695. The topological polar surface area (TPSA) is 64.1 Å². The van der Waals surface area contributed by atoms with Crippen LogP contribution in [0.5, 0.6) is 5.75 Å². The third kappa shape index (κ3) is 5.79. The number of nitrogens with zero attached hydrogens (tertiary/aromatic N) is 2. The lowest BCUT2D eigenvalue weighted by Crippen LogP contribution is -1.98. The first-order valence-electron chi connectivity index (χ1n) is 6.42. The van der Waals surface area contributed by atoms with Crippen LogP contribution in [0, 0.1) is 6.92 Å². The number of nitrogens with one attached hydrogen (secondary N) is 1. The Morgan fingerprint density at radius 3 is 2.62 bits per heavy atom. The van der Waals surface area contributed by atoms with Crippen LogP contribution < -0.4 is 10.1 Å². The number of aryl methyl sites for hydroxylation is 2. The van der Waals surface area contributed by atoms with E-state index in [1.807, 2.05) is 13.0 Å². The van der Waals surface area contributed by atoms with Gasteiger partial charge in [0.25, 0.3) is 0 Å². The number of carbonyl (C=O) groups excluding carboxylic acids is 1. The van der Waals surface area contributed by atoms with E-state index in [0.717, 1.165) is 12.0 Å². The molecule has 1 N–H and O–H groups in total. The minimum atomic E-state index is 0.493. The van der Waals surface area contributed by atoms with Crippen molar-refractivity contribution in [1.29, 1.82) is 0 Å². The Bertz CT molecular complexity index is 574. The summed E-state index contributed by atoms with van der Waals surface area (Å²) < 4.78 is 5.04. The number of hydrogen-bond acceptors (Lipinski definition) is 4. The molecule has 2 aromatic heterocycles. The molecule has 0 aliphatic heterocycles. The highest BCUT2D eigenvalue weighted by atomic mass is 35.5. The van der Waals surface area contributed by atoms with Gasteiger partial charge in [-0.25, -0.2) is 9.97 Å². The number of aromatic nitrogens is 2. The Hall–Kier alpha value is -2.14. The van der Waals surface area contributed by atoms with Gasteiger partial charge in [0, 0.05) is 24.0 Å². The van der Waals surface area contributed by atoms with E-state index in [1.165, 1.54) is 5.56 Å². The van der Waals surface area contributed by atoms with E-state index in [9.17, 15) is 4.79 Å². The zero-order chi connectivity index (χ0) is 15.7. The second kappa shape index (κ2) is 8.92. The molecule has 112 valence electrons. The van der Waals surface area contributed by atoms with E-state index < -0.39 is 0 Å². The predicted octanol–water partition coefficient (Wildman–Crippen LogP) is 3.26. The molecule has 2 rings (SSSR count). The van der Waals surface area contributed by atoms with Crippen molar-refractivity contribution in [1.82, 2.24) is 9.97 Å². The Morgan fingerprint density at radius 1 is 1.33 bits per heavy atom. The van der Waals surface area contributed by atoms with Crippen molar-refractivity contribution >= 4 is 23.8 Å². The lowest BCUT2D eigenvalue weighted by Gasteiger charge is -2.04. The van der Waals surface area contributed by atoms with Gasteiger partial charge in [-0.05, 0) is 25.0 Å². The highest BCUT2D eigenvalue weighted by molar-refractivity contribution is 6.29. The molecule has 0 aliphatic carbocycles. The lowest BCUT2D eigenvalue weighted by atomic mass is 10.2. The highest BCUT2D eigenvalue weighted by Crippen LogP contribution is 2.18. The van der Waals surface area contributed by atoms with Crippen molar-refractivity contribution in [2.75, 3.05) is 12.4 Å². The third-order valence-corrected chi connectivity index (χ3v) is 2.90. The average Bonchev–Trinajstić information content (AvgIpc) is 2.51. The Balaban J connectivity index is 0.000000219. The van der Waals surface area contributed by atoms with Crippen LogP contribution in [-0.4, -0.2) is 23.5 Å². The van der Waals surface area contributed by atoms with Crippen LogP contribution in [0.4, 0.5) is 5.82 Å². The zero-order valence-corrected chi connectivity index (χ0v) is 13.0. The number of pyridine rings is 2. The van der Waals surface area contributed by atoms with Gasteiger partial charge in [-0.3, -0.25) is 4.79 Å². The number of ether oxygens (including phenoxy) is 1. The second-order valence-electron chi connectivity index (χ2n) is 4.14. The van der Waals surface area contributed by atoms with Gasteiger partial charge in [0.2, 0.25) is 6.41 Å². The monoisotopic (exact) mass is 307 g/mol. The van der Waals surface area contributed by atoms with Gasteiger partial charge >= 0.3 is 0 Å². The Labute approximate surface area is 129 Å². The maximum absolute atomic E-state index is 10.1. The molecule has 1 amide bonds. The van der Waals surface area contributed by atoms with Gasteiger partial charge in [-0.15, -0.1) is 0 Å². The van der Waals surface area contributed by atoms with Crippen LogP contribution in [0.1, 0.15) is 18.1 Å². The molecular formula is C15H18ClN3O2.